The van der Waals surface area contributed by atoms with Crippen molar-refractivity contribution < 1.29 is 0 Å². The number of hydrogen-bond donors (Lipinski definition) is 1. The van der Waals surface area contributed by atoms with Gasteiger partial charge in [-0.15, -0.1) is 0 Å². The van der Waals surface area contributed by atoms with E-state index in [1.165, 1.54) is 44.9 Å². The van der Waals surface area contributed by atoms with Crippen LogP contribution in [-0.2, 0) is 0 Å². The summed E-state index contributed by atoms with van der Waals surface area (Å²) >= 11 is 0. The fourth-order valence-electron chi connectivity index (χ4n) is 2.25. The summed E-state index contributed by atoms with van der Waals surface area (Å²) in [6.45, 7) is 3.20. The highest BCUT2D eigenvalue weighted by molar-refractivity contribution is 4.68. The number of hydrogen-bond acceptors (Lipinski definition) is 1. The molecule has 0 heterocycles. The van der Waals surface area contributed by atoms with Gasteiger partial charge < -0.3 is 5.73 Å². The van der Waals surface area contributed by atoms with E-state index in [0.717, 1.165) is 18.4 Å². The van der Waals surface area contributed by atoms with Crippen LogP contribution in [0.15, 0.2) is 0 Å². The Balaban J connectivity index is 1.99. The molecule has 0 saturated heterocycles. The zero-order chi connectivity index (χ0) is 8.81. The SMILES string of the molecule is CC(CCN)CCC1CCCC1. The molecule has 0 aromatic rings. The van der Waals surface area contributed by atoms with Gasteiger partial charge in [-0.25, -0.2) is 0 Å². The number of nitrogens with two attached hydrogens (primary N) is 1. The van der Waals surface area contributed by atoms with Gasteiger partial charge in [0.15, 0.2) is 0 Å². The first-order valence-corrected chi connectivity index (χ1v) is 5.53. The van der Waals surface area contributed by atoms with E-state index < -0.39 is 0 Å². The zero-order valence-electron chi connectivity index (χ0n) is 8.39. The smallest absolute Gasteiger partial charge is 0.00747 e. The first-order valence-electron chi connectivity index (χ1n) is 5.53. The van der Waals surface area contributed by atoms with Crippen LogP contribution in [0.4, 0.5) is 0 Å². The molecule has 1 aliphatic rings. The van der Waals surface area contributed by atoms with Crippen LogP contribution in [0, 0.1) is 11.8 Å². The second-order valence-electron chi connectivity index (χ2n) is 4.41. The fourth-order valence-corrected chi connectivity index (χ4v) is 2.25. The van der Waals surface area contributed by atoms with Gasteiger partial charge in [0.05, 0.1) is 0 Å². The molecule has 1 heteroatoms. The first-order chi connectivity index (χ1) is 5.83. The lowest BCUT2D eigenvalue weighted by molar-refractivity contribution is 0.403. The molecule has 72 valence electrons. The molecule has 1 nitrogen and oxygen atoms in total. The summed E-state index contributed by atoms with van der Waals surface area (Å²) in [6, 6.07) is 0. The van der Waals surface area contributed by atoms with E-state index in [1.807, 2.05) is 0 Å². The Morgan fingerprint density at radius 3 is 2.50 bits per heavy atom. The van der Waals surface area contributed by atoms with E-state index >= 15 is 0 Å². The molecule has 1 rings (SSSR count). The van der Waals surface area contributed by atoms with Crippen molar-refractivity contribution in [3.8, 4) is 0 Å². The molecule has 12 heavy (non-hydrogen) atoms. The molecule has 0 aromatic carbocycles. The first kappa shape index (κ1) is 10.0. The van der Waals surface area contributed by atoms with Crippen LogP contribution in [0.1, 0.15) is 51.9 Å². The molecule has 0 aromatic heterocycles. The molecule has 1 fully saturated rings. The quantitative estimate of drug-likeness (QED) is 0.673. The Labute approximate surface area is 76.7 Å². The fraction of sp³-hybridized carbons (Fsp3) is 1.00. The van der Waals surface area contributed by atoms with Crippen molar-refractivity contribution in [2.45, 2.75) is 51.9 Å². The maximum absolute atomic E-state index is 5.51. The summed E-state index contributed by atoms with van der Waals surface area (Å²) in [5, 5.41) is 0. The van der Waals surface area contributed by atoms with Gasteiger partial charge >= 0.3 is 0 Å². The average molecular weight is 169 g/mol. The summed E-state index contributed by atoms with van der Waals surface area (Å²) in [6.07, 6.45) is 10.0. The van der Waals surface area contributed by atoms with Crippen molar-refractivity contribution in [2.75, 3.05) is 6.54 Å². The van der Waals surface area contributed by atoms with Gasteiger partial charge in [-0.05, 0) is 24.8 Å². The van der Waals surface area contributed by atoms with Gasteiger partial charge in [0.2, 0.25) is 0 Å². The molecule has 0 bridgehead atoms. The van der Waals surface area contributed by atoms with Crippen molar-refractivity contribution in [3.05, 3.63) is 0 Å². The van der Waals surface area contributed by atoms with Crippen molar-refractivity contribution in [1.29, 1.82) is 0 Å². The van der Waals surface area contributed by atoms with E-state index in [4.69, 9.17) is 5.73 Å². The summed E-state index contributed by atoms with van der Waals surface area (Å²) in [5.41, 5.74) is 5.51. The van der Waals surface area contributed by atoms with E-state index in [-0.39, 0.29) is 0 Å². The monoisotopic (exact) mass is 169 g/mol. The van der Waals surface area contributed by atoms with E-state index in [9.17, 15) is 0 Å². The Kier molecular flexibility index (Phi) is 4.67. The molecular formula is C11H23N. The second-order valence-corrected chi connectivity index (χ2v) is 4.41. The van der Waals surface area contributed by atoms with E-state index in [0.29, 0.717) is 0 Å². The summed E-state index contributed by atoms with van der Waals surface area (Å²) in [5.74, 6) is 1.92. The molecular weight excluding hydrogens is 146 g/mol. The van der Waals surface area contributed by atoms with Gasteiger partial charge in [-0.3, -0.25) is 0 Å². The molecule has 0 amide bonds. The Bertz CT molecular complexity index is 106. The Morgan fingerprint density at radius 1 is 1.25 bits per heavy atom. The van der Waals surface area contributed by atoms with Crippen LogP contribution >= 0.6 is 0 Å². The molecule has 0 aliphatic heterocycles. The normalized spacial score (nSPS) is 21.5. The predicted octanol–water partition coefficient (Wildman–Crippen LogP) is 2.94. The standard InChI is InChI=1S/C11H23N/c1-10(8-9-12)6-7-11-4-2-3-5-11/h10-11H,2-9,12H2,1H3. The van der Waals surface area contributed by atoms with E-state index in [1.54, 1.807) is 0 Å². The second kappa shape index (κ2) is 5.58. The third-order valence-electron chi connectivity index (χ3n) is 3.20. The minimum absolute atomic E-state index is 0.857. The van der Waals surface area contributed by atoms with Crippen LogP contribution in [0.25, 0.3) is 0 Å². The molecule has 0 spiro atoms. The van der Waals surface area contributed by atoms with Crippen LogP contribution in [0.3, 0.4) is 0 Å². The lowest BCUT2D eigenvalue weighted by Gasteiger charge is -2.13. The third-order valence-corrected chi connectivity index (χ3v) is 3.20. The van der Waals surface area contributed by atoms with Gasteiger partial charge in [0.1, 0.15) is 0 Å². The van der Waals surface area contributed by atoms with Crippen molar-refractivity contribution in [1.82, 2.24) is 0 Å². The van der Waals surface area contributed by atoms with E-state index in [2.05, 4.69) is 6.92 Å². The highest BCUT2D eigenvalue weighted by atomic mass is 14.5. The maximum Gasteiger partial charge on any atom is -0.00747 e. The topological polar surface area (TPSA) is 26.0 Å². The Morgan fingerprint density at radius 2 is 1.92 bits per heavy atom. The molecule has 1 unspecified atom stereocenters. The lowest BCUT2D eigenvalue weighted by Crippen LogP contribution is -2.07. The minimum Gasteiger partial charge on any atom is -0.330 e. The average Bonchev–Trinajstić information content (AvgIpc) is 2.53. The number of rotatable bonds is 5. The predicted molar refractivity (Wildman–Crippen MR) is 54.0 cm³/mol. The van der Waals surface area contributed by atoms with Crippen LogP contribution in [-0.4, -0.2) is 6.54 Å². The molecule has 2 N–H and O–H groups in total. The van der Waals surface area contributed by atoms with Crippen LogP contribution in [0.5, 0.6) is 0 Å². The van der Waals surface area contributed by atoms with Gasteiger partial charge in [0, 0.05) is 0 Å². The maximum atomic E-state index is 5.51. The Hall–Kier alpha value is -0.0400. The zero-order valence-corrected chi connectivity index (χ0v) is 8.39. The summed E-state index contributed by atoms with van der Waals surface area (Å²) in [4.78, 5) is 0. The van der Waals surface area contributed by atoms with Gasteiger partial charge in [-0.1, -0.05) is 45.4 Å². The highest BCUT2D eigenvalue weighted by Crippen LogP contribution is 2.30. The summed E-state index contributed by atoms with van der Waals surface area (Å²) in [7, 11) is 0. The van der Waals surface area contributed by atoms with Crippen molar-refractivity contribution in [3.63, 3.8) is 0 Å². The van der Waals surface area contributed by atoms with Crippen molar-refractivity contribution in [2.24, 2.45) is 17.6 Å². The van der Waals surface area contributed by atoms with Crippen LogP contribution < -0.4 is 5.73 Å². The minimum atomic E-state index is 0.857. The highest BCUT2D eigenvalue weighted by Gasteiger charge is 2.15. The third kappa shape index (κ3) is 3.57. The lowest BCUT2D eigenvalue weighted by atomic mass is 9.94. The van der Waals surface area contributed by atoms with Gasteiger partial charge in [0.25, 0.3) is 0 Å². The molecule has 1 aliphatic carbocycles. The summed E-state index contributed by atoms with van der Waals surface area (Å²) < 4.78 is 0. The molecule has 0 radical (unpaired) electrons. The van der Waals surface area contributed by atoms with Gasteiger partial charge in [-0.2, -0.15) is 0 Å². The van der Waals surface area contributed by atoms with Crippen molar-refractivity contribution >= 4 is 0 Å². The molecule has 1 atom stereocenters. The molecule has 1 saturated carbocycles. The largest absolute Gasteiger partial charge is 0.330 e. The van der Waals surface area contributed by atoms with Crippen LogP contribution in [0.2, 0.25) is 0 Å².